The maximum atomic E-state index is 11.9. The maximum Gasteiger partial charge on any atom is 0.234 e. The van der Waals surface area contributed by atoms with E-state index < -0.39 is 0 Å². The standard InChI is InChI=1S/C17H15N5OS/c23-16(19-14-8-10-18-11-9-14)12-24-17-20-15(21-22-17)7-6-13-4-2-1-3-5-13/h1-11H,12H2,(H,18,19,23)(H,20,21,22)/b7-6+. The van der Waals surface area contributed by atoms with Crippen molar-refractivity contribution in [1.29, 1.82) is 0 Å². The van der Waals surface area contributed by atoms with E-state index in [9.17, 15) is 4.79 Å². The molecule has 0 radical (unpaired) electrons. The Morgan fingerprint density at radius 2 is 1.92 bits per heavy atom. The second-order valence-corrected chi connectivity index (χ2v) is 5.76. The van der Waals surface area contributed by atoms with Crippen LogP contribution < -0.4 is 5.32 Å². The first kappa shape index (κ1) is 15.9. The fourth-order valence-electron chi connectivity index (χ4n) is 1.90. The third-order valence-electron chi connectivity index (χ3n) is 3.01. The van der Waals surface area contributed by atoms with Gasteiger partial charge in [-0.25, -0.2) is 4.98 Å². The molecule has 0 atom stereocenters. The van der Waals surface area contributed by atoms with Gasteiger partial charge in [0.15, 0.2) is 0 Å². The Morgan fingerprint density at radius 1 is 1.12 bits per heavy atom. The third-order valence-corrected chi connectivity index (χ3v) is 3.86. The number of nitrogens with zero attached hydrogens (tertiary/aromatic N) is 3. The van der Waals surface area contributed by atoms with Crippen molar-refractivity contribution in [2.45, 2.75) is 5.16 Å². The van der Waals surface area contributed by atoms with Crippen molar-refractivity contribution in [2.24, 2.45) is 0 Å². The third kappa shape index (κ3) is 4.79. The second kappa shape index (κ2) is 8.07. The number of nitrogens with one attached hydrogen (secondary N) is 2. The Labute approximate surface area is 143 Å². The number of H-pyrrole nitrogens is 1. The van der Waals surface area contributed by atoms with Crippen LogP contribution in [0, 0.1) is 0 Å². The zero-order valence-electron chi connectivity index (χ0n) is 12.7. The van der Waals surface area contributed by atoms with Crippen LogP contribution in [0.5, 0.6) is 0 Å². The monoisotopic (exact) mass is 337 g/mol. The van der Waals surface area contributed by atoms with E-state index in [1.54, 1.807) is 24.5 Å². The Morgan fingerprint density at radius 3 is 2.71 bits per heavy atom. The molecule has 2 heterocycles. The molecular formula is C17H15N5OS. The topological polar surface area (TPSA) is 83.6 Å². The zero-order valence-corrected chi connectivity index (χ0v) is 13.5. The highest BCUT2D eigenvalue weighted by molar-refractivity contribution is 7.99. The van der Waals surface area contributed by atoms with Gasteiger partial charge in [0.1, 0.15) is 5.82 Å². The number of hydrogen-bond acceptors (Lipinski definition) is 5. The fourth-order valence-corrected chi connectivity index (χ4v) is 2.50. The predicted octanol–water partition coefficient (Wildman–Crippen LogP) is 3.10. The molecule has 2 N–H and O–H groups in total. The van der Waals surface area contributed by atoms with Crippen molar-refractivity contribution >= 4 is 35.5 Å². The average Bonchev–Trinajstić information content (AvgIpc) is 3.08. The van der Waals surface area contributed by atoms with Crippen molar-refractivity contribution in [3.63, 3.8) is 0 Å². The average molecular weight is 337 g/mol. The molecule has 3 rings (SSSR count). The molecule has 0 aliphatic rings. The summed E-state index contributed by atoms with van der Waals surface area (Å²) in [5.74, 6) is 0.774. The van der Waals surface area contributed by atoms with Crippen LogP contribution in [0.4, 0.5) is 5.69 Å². The number of thioether (sulfide) groups is 1. The molecule has 7 heteroatoms. The molecule has 0 spiro atoms. The molecule has 1 amide bonds. The van der Waals surface area contributed by atoms with Crippen molar-refractivity contribution in [3.05, 3.63) is 66.2 Å². The lowest BCUT2D eigenvalue weighted by atomic mass is 10.2. The van der Waals surface area contributed by atoms with Gasteiger partial charge in [0, 0.05) is 18.1 Å². The number of carbonyl (C=O) groups excluding carboxylic acids is 1. The van der Waals surface area contributed by atoms with E-state index in [0.717, 1.165) is 11.3 Å². The van der Waals surface area contributed by atoms with Gasteiger partial charge in [0.2, 0.25) is 11.1 Å². The van der Waals surface area contributed by atoms with E-state index in [-0.39, 0.29) is 11.7 Å². The summed E-state index contributed by atoms with van der Waals surface area (Å²) in [4.78, 5) is 20.1. The van der Waals surface area contributed by atoms with Gasteiger partial charge in [0.25, 0.3) is 0 Å². The first-order valence-corrected chi connectivity index (χ1v) is 8.26. The SMILES string of the molecule is O=C(CSc1n[nH]c(/C=C/c2ccccc2)n1)Nc1ccncc1. The number of carbonyl (C=O) groups is 1. The van der Waals surface area contributed by atoms with Gasteiger partial charge < -0.3 is 5.32 Å². The molecule has 0 aliphatic heterocycles. The van der Waals surface area contributed by atoms with E-state index in [4.69, 9.17) is 0 Å². The van der Waals surface area contributed by atoms with Crippen LogP contribution in [0.25, 0.3) is 12.2 Å². The van der Waals surface area contributed by atoms with Gasteiger partial charge in [0.05, 0.1) is 5.75 Å². The number of aromatic nitrogens is 4. The minimum absolute atomic E-state index is 0.114. The Hall–Kier alpha value is -2.93. The smallest absolute Gasteiger partial charge is 0.234 e. The molecule has 120 valence electrons. The van der Waals surface area contributed by atoms with Crippen molar-refractivity contribution in [1.82, 2.24) is 20.2 Å². The summed E-state index contributed by atoms with van der Waals surface area (Å²) in [6.07, 6.45) is 7.06. The fraction of sp³-hybridized carbons (Fsp3) is 0.0588. The highest BCUT2D eigenvalue weighted by Gasteiger charge is 2.07. The number of hydrogen-bond donors (Lipinski definition) is 2. The number of amides is 1. The lowest BCUT2D eigenvalue weighted by Gasteiger charge is -2.02. The Bertz CT molecular complexity index is 817. The largest absolute Gasteiger partial charge is 0.325 e. The van der Waals surface area contributed by atoms with Gasteiger partial charge in [-0.2, -0.15) is 0 Å². The molecule has 0 fully saturated rings. The quantitative estimate of drug-likeness (QED) is 0.675. The van der Waals surface area contributed by atoms with Crippen LogP contribution >= 0.6 is 11.8 Å². The van der Waals surface area contributed by atoms with E-state index in [1.165, 1.54) is 11.8 Å². The van der Waals surface area contributed by atoms with E-state index in [1.807, 2.05) is 42.5 Å². The molecule has 0 saturated carbocycles. The lowest BCUT2D eigenvalue weighted by molar-refractivity contribution is -0.113. The normalized spacial score (nSPS) is 10.8. The molecule has 0 unspecified atom stereocenters. The molecule has 1 aromatic carbocycles. The van der Waals surface area contributed by atoms with E-state index >= 15 is 0 Å². The highest BCUT2D eigenvalue weighted by atomic mass is 32.2. The minimum Gasteiger partial charge on any atom is -0.325 e. The van der Waals surface area contributed by atoms with Gasteiger partial charge in [-0.3, -0.25) is 14.9 Å². The van der Waals surface area contributed by atoms with Crippen LogP contribution in [0.15, 0.2) is 60.0 Å². The number of pyridine rings is 1. The molecule has 0 aliphatic carbocycles. The zero-order chi connectivity index (χ0) is 16.6. The van der Waals surface area contributed by atoms with Gasteiger partial charge in [-0.05, 0) is 23.8 Å². The van der Waals surface area contributed by atoms with Gasteiger partial charge >= 0.3 is 0 Å². The summed E-state index contributed by atoms with van der Waals surface area (Å²) < 4.78 is 0. The summed E-state index contributed by atoms with van der Waals surface area (Å²) in [6.45, 7) is 0. The molecule has 6 nitrogen and oxygen atoms in total. The van der Waals surface area contributed by atoms with Gasteiger partial charge in [-0.15, -0.1) is 5.10 Å². The molecule has 24 heavy (non-hydrogen) atoms. The molecule has 3 aromatic rings. The van der Waals surface area contributed by atoms with Crippen LogP contribution in [-0.2, 0) is 4.79 Å². The summed E-state index contributed by atoms with van der Waals surface area (Å²) in [5.41, 5.74) is 1.80. The minimum atomic E-state index is -0.114. The van der Waals surface area contributed by atoms with Crippen LogP contribution in [0.3, 0.4) is 0 Å². The molecule has 0 saturated heterocycles. The number of anilines is 1. The van der Waals surface area contributed by atoms with Crippen molar-refractivity contribution in [3.8, 4) is 0 Å². The molecule has 2 aromatic heterocycles. The maximum absolute atomic E-state index is 11.9. The Balaban J connectivity index is 1.51. The summed E-state index contributed by atoms with van der Waals surface area (Å²) in [7, 11) is 0. The van der Waals surface area contributed by atoms with Gasteiger partial charge in [-0.1, -0.05) is 48.2 Å². The first-order chi connectivity index (χ1) is 11.8. The first-order valence-electron chi connectivity index (χ1n) is 7.28. The second-order valence-electron chi connectivity index (χ2n) is 4.82. The van der Waals surface area contributed by atoms with Crippen LogP contribution in [0.2, 0.25) is 0 Å². The molecule has 0 bridgehead atoms. The summed E-state index contributed by atoms with van der Waals surface area (Å²) in [5, 5.41) is 10.3. The van der Waals surface area contributed by atoms with Crippen molar-refractivity contribution in [2.75, 3.05) is 11.1 Å². The summed E-state index contributed by atoms with van der Waals surface area (Å²) in [6, 6.07) is 13.4. The number of benzene rings is 1. The number of rotatable bonds is 6. The summed E-state index contributed by atoms with van der Waals surface area (Å²) >= 11 is 1.28. The van der Waals surface area contributed by atoms with Crippen molar-refractivity contribution < 1.29 is 4.79 Å². The van der Waals surface area contributed by atoms with E-state index in [2.05, 4.69) is 25.5 Å². The molecular weight excluding hydrogens is 322 g/mol. The predicted molar refractivity (Wildman–Crippen MR) is 95.3 cm³/mol. The Kier molecular flexibility index (Phi) is 5.36. The van der Waals surface area contributed by atoms with E-state index in [0.29, 0.717) is 11.0 Å². The lowest BCUT2D eigenvalue weighted by Crippen LogP contribution is -2.14. The van der Waals surface area contributed by atoms with Crippen LogP contribution in [-0.4, -0.2) is 31.8 Å². The number of aromatic amines is 1. The van der Waals surface area contributed by atoms with Crippen LogP contribution in [0.1, 0.15) is 11.4 Å². The highest BCUT2D eigenvalue weighted by Crippen LogP contribution is 2.14.